The molecule has 0 unspecified atom stereocenters. The Bertz CT molecular complexity index is 78.1. The van der Waals surface area contributed by atoms with Crippen molar-refractivity contribution in [3.8, 4) is 0 Å². The summed E-state index contributed by atoms with van der Waals surface area (Å²) in [5.41, 5.74) is 0. The molecule has 1 heteroatoms. The average molecular weight is 141 g/mol. The molecule has 0 bridgehead atoms. The minimum Gasteiger partial charge on any atom is -0.312 e. The molecule has 0 aromatic rings. The number of allylic oxidation sites excluding steroid dienone is 4. The van der Waals surface area contributed by atoms with Crippen LogP contribution in [0.4, 0.5) is 0 Å². The summed E-state index contributed by atoms with van der Waals surface area (Å²) in [6, 6.07) is 0. The van der Waals surface area contributed by atoms with Crippen LogP contribution in [-0.4, -0.2) is 26.0 Å². The Labute approximate surface area is 65.0 Å². The fraction of sp³-hybridized carbons (Fsp3) is 0.556. The molecule has 0 saturated carbocycles. The second kappa shape index (κ2) is 11.3. The van der Waals surface area contributed by atoms with Crippen LogP contribution in [-0.2, 0) is 0 Å². The number of hydrogen-bond acceptors (Lipinski definition) is 1. The summed E-state index contributed by atoms with van der Waals surface area (Å²) in [7, 11) is 6.00. The zero-order chi connectivity index (χ0) is 8.41. The van der Waals surface area contributed by atoms with Crippen molar-refractivity contribution >= 4 is 0 Å². The molecule has 0 aliphatic carbocycles. The van der Waals surface area contributed by atoms with Gasteiger partial charge in [0.25, 0.3) is 0 Å². The summed E-state index contributed by atoms with van der Waals surface area (Å²) in [4.78, 5) is 2.00. The maximum atomic E-state index is 2.00. The Kier molecular flexibility index (Phi) is 13.7. The maximum absolute atomic E-state index is 2.00. The molecule has 0 radical (unpaired) electrons. The van der Waals surface area contributed by atoms with E-state index in [0.29, 0.717) is 0 Å². The molecule has 0 N–H and O–H groups in total. The first-order valence-corrected chi connectivity index (χ1v) is 3.50. The molecule has 0 heterocycles. The van der Waals surface area contributed by atoms with Gasteiger partial charge in [0.2, 0.25) is 0 Å². The molecule has 0 fully saturated rings. The molecule has 0 spiro atoms. The van der Waals surface area contributed by atoms with Gasteiger partial charge in [-0.25, -0.2) is 0 Å². The summed E-state index contributed by atoms with van der Waals surface area (Å²) in [5.74, 6) is 0. The van der Waals surface area contributed by atoms with E-state index in [1.807, 2.05) is 64.2 Å². The van der Waals surface area contributed by atoms with Gasteiger partial charge < -0.3 is 4.90 Å². The van der Waals surface area contributed by atoms with Crippen molar-refractivity contribution in [3.05, 3.63) is 24.3 Å². The van der Waals surface area contributed by atoms with Gasteiger partial charge in [0.05, 0.1) is 0 Å². The summed E-state index contributed by atoms with van der Waals surface area (Å²) in [6.45, 7) is 4.00. The average Bonchev–Trinajstić information content (AvgIpc) is 1.82. The van der Waals surface area contributed by atoms with Crippen LogP contribution in [0.15, 0.2) is 24.3 Å². The summed E-state index contributed by atoms with van der Waals surface area (Å²) in [6.07, 6.45) is 8.00. The molecule has 0 atom stereocenters. The van der Waals surface area contributed by atoms with E-state index in [2.05, 4.69) is 0 Å². The first-order valence-electron chi connectivity index (χ1n) is 3.50. The van der Waals surface area contributed by atoms with Gasteiger partial charge in [-0.1, -0.05) is 24.3 Å². The van der Waals surface area contributed by atoms with E-state index < -0.39 is 0 Å². The lowest BCUT2D eigenvalue weighted by Gasteiger charge is -1.90. The molecule has 1 nitrogen and oxygen atoms in total. The van der Waals surface area contributed by atoms with Crippen LogP contribution in [0, 0.1) is 0 Å². The summed E-state index contributed by atoms with van der Waals surface area (Å²) < 4.78 is 0. The zero-order valence-corrected chi connectivity index (χ0v) is 7.76. The van der Waals surface area contributed by atoms with Gasteiger partial charge in [-0.3, -0.25) is 0 Å². The van der Waals surface area contributed by atoms with Gasteiger partial charge in [0.15, 0.2) is 0 Å². The van der Waals surface area contributed by atoms with Crippen molar-refractivity contribution in [3.63, 3.8) is 0 Å². The van der Waals surface area contributed by atoms with Crippen molar-refractivity contribution in [1.29, 1.82) is 0 Å². The van der Waals surface area contributed by atoms with Crippen molar-refractivity contribution < 1.29 is 0 Å². The number of hydrogen-bond donors (Lipinski definition) is 0. The fourth-order valence-corrected chi connectivity index (χ4v) is 0.222. The van der Waals surface area contributed by atoms with Crippen LogP contribution in [0.1, 0.15) is 13.8 Å². The predicted molar refractivity (Wildman–Crippen MR) is 49.2 cm³/mol. The van der Waals surface area contributed by atoms with Gasteiger partial charge in [0.1, 0.15) is 0 Å². The van der Waals surface area contributed by atoms with Crippen LogP contribution in [0.5, 0.6) is 0 Å². The smallest absolute Gasteiger partial charge is 0.0140 e. The van der Waals surface area contributed by atoms with Gasteiger partial charge in [-0.15, -0.1) is 0 Å². The highest BCUT2D eigenvalue weighted by Gasteiger charge is 1.58. The third-order valence-corrected chi connectivity index (χ3v) is 0.496. The Morgan fingerprint density at radius 3 is 1.10 bits per heavy atom. The number of nitrogens with zero attached hydrogens (tertiary/aromatic N) is 1. The van der Waals surface area contributed by atoms with Crippen LogP contribution in [0.2, 0.25) is 0 Å². The van der Waals surface area contributed by atoms with Gasteiger partial charge >= 0.3 is 0 Å². The maximum Gasteiger partial charge on any atom is -0.0140 e. The van der Waals surface area contributed by atoms with Crippen LogP contribution in [0.3, 0.4) is 0 Å². The van der Waals surface area contributed by atoms with Gasteiger partial charge in [0, 0.05) is 0 Å². The second-order valence-electron chi connectivity index (χ2n) is 2.39. The highest BCUT2D eigenvalue weighted by Crippen LogP contribution is 1.71. The SMILES string of the molecule is C/C=C/C=C/C.CN(C)C. The summed E-state index contributed by atoms with van der Waals surface area (Å²) >= 11 is 0. The standard InChI is InChI=1S/C6H10.C3H9N/c1-3-5-6-4-2;1-4(2)3/h3-6H,1-2H3;1-3H3/b5-3+,6-4+;. The largest absolute Gasteiger partial charge is 0.312 e. The first-order chi connectivity index (χ1) is 4.65. The molecule has 10 heavy (non-hydrogen) atoms. The Morgan fingerprint density at radius 1 is 0.800 bits per heavy atom. The molecule has 0 aliphatic heterocycles. The predicted octanol–water partition coefficient (Wildman–Crippen LogP) is 2.32. The fourth-order valence-electron chi connectivity index (χ4n) is 0.222. The minimum atomic E-state index is 2.00. The van der Waals surface area contributed by atoms with Crippen molar-refractivity contribution in [2.24, 2.45) is 0 Å². The molecule has 0 rings (SSSR count). The van der Waals surface area contributed by atoms with Gasteiger partial charge in [-0.05, 0) is 35.0 Å². The molecular formula is C9H19N. The van der Waals surface area contributed by atoms with Crippen molar-refractivity contribution in [1.82, 2.24) is 4.90 Å². The third-order valence-electron chi connectivity index (χ3n) is 0.496. The Balaban J connectivity index is 0. The van der Waals surface area contributed by atoms with E-state index in [1.165, 1.54) is 0 Å². The van der Waals surface area contributed by atoms with Crippen molar-refractivity contribution in [2.75, 3.05) is 21.1 Å². The second-order valence-corrected chi connectivity index (χ2v) is 2.39. The summed E-state index contributed by atoms with van der Waals surface area (Å²) in [5, 5.41) is 0. The van der Waals surface area contributed by atoms with E-state index in [4.69, 9.17) is 0 Å². The Morgan fingerprint density at radius 2 is 1.00 bits per heavy atom. The molecule has 0 amide bonds. The minimum absolute atomic E-state index is 2.00. The molecule has 0 aromatic carbocycles. The Hall–Kier alpha value is -0.560. The third kappa shape index (κ3) is 51.8. The van der Waals surface area contributed by atoms with Crippen LogP contribution in [0.25, 0.3) is 0 Å². The van der Waals surface area contributed by atoms with Crippen LogP contribution < -0.4 is 0 Å². The van der Waals surface area contributed by atoms with E-state index in [1.54, 1.807) is 0 Å². The van der Waals surface area contributed by atoms with Crippen LogP contribution >= 0.6 is 0 Å². The zero-order valence-electron chi connectivity index (χ0n) is 7.76. The lowest BCUT2D eigenvalue weighted by molar-refractivity contribution is 0.505. The number of rotatable bonds is 1. The van der Waals surface area contributed by atoms with Gasteiger partial charge in [-0.2, -0.15) is 0 Å². The first kappa shape index (κ1) is 12.1. The van der Waals surface area contributed by atoms with E-state index in [9.17, 15) is 0 Å². The quantitative estimate of drug-likeness (QED) is 0.506. The molecular weight excluding hydrogens is 122 g/mol. The highest BCUT2D eigenvalue weighted by molar-refractivity contribution is 4.98. The molecule has 0 saturated heterocycles. The lowest BCUT2D eigenvalue weighted by Crippen LogP contribution is -1.99. The van der Waals surface area contributed by atoms with Crippen molar-refractivity contribution in [2.45, 2.75) is 13.8 Å². The van der Waals surface area contributed by atoms with E-state index in [-0.39, 0.29) is 0 Å². The normalized spacial score (nSPS) is 10.6. The van der Waals surface area contributed by atoms with E-state index in [0.717, 1.165) is 0 Å². The topological polar surface area (TPSA) is 3.24 Å². The molecule has 0 aliphatic rings. The monoisotopic (exact) mass is 141 g/mol. The molecule has 0 aromatic heterocycles. The lowest BCUT2D eigenvalue weighted by atomic mass is 10.5. The molecule has 60 valence electrons. The van der Waals surface area contributed by atoms with E-state index >= 15 is 0 Å². The highest BCUT2D eigenvalue weighted by atomic mass is 15.0.